The van der Waals surface area contributed by atoms with Gasteiger partial charge in [0.05, 0.1) is 22.3 Å². The summed E-state index contributed by atoms with van der Waals surface area (Å²) in [5.41, 5.74) is -3.26. The van der Waals surface area contributed by atoms with E-state index in [2.05, 4.69) is 9.05 Å². The molecule has 156 valence electrons. The standard InChI is InChI=1S/C16H9F6O6P/c17-15(18,19)11-5-1-9(2-6-11)13(23)27-29(25,26)28-14(24)10-3-7-12(8-4-10)16(20,21)22/h1-8H,(H,25,26). The third kappa shape index (κ3) is 6.06. The fourth-order valence-electron chi connectivity index (χ4n) is 1.92. The molecule has 13 heteroatoms. The van der Waals surface area contributed by atoms with Crippen LogP contribution in [0.3, 0.4) is 0 Å². The fourth-order valence-corrected chi connectivity index (χ4v) is 2.59. The van der Waals surface area contributed by atoms with Crippen molar-refractivity contribution >= 4 is 19.8 Å². The molecule has 0 radical (unpaired) electrons. The fraction of sp³-hybridized carbons (Fsp3) is 0.125. The van der Waals surface area contributed by atoms with E-state index in [1.807, 2.05) is 0 Å². The average Bonchev–Trinajstić information content (AvgIpc) is 2.59. The average molecular weight is 442 g/mol. The summed E-state index contributed by atoms with van der Waals surface area (Å²) < 4.78 is 94.7. The number of hydrogen-bond acceptors (Lipinski definition) is 5. The predicted molar refractivity (Wildman–Crippen MR) is 83.5 cm³/mol. The van der Waals surface area contributed by atoms with E-state index in [-0.39, 0.29) is 0 Å². The Hall–Kier alpha value is -2.85. The second kappa shape index (κ2) is 7.88. The third-order valence-corrected chi connectivity index (χ3v) is 4.09. The summed E-state index contributed by atoms with van der Waals surface area (Å²) in [6.45, 7) is 0. The minimum absolute atomic E-state index is 0.521. The van der Waals surface area contributed by atoms with Gasteiger partial charge in [-0.3, -0.25) is 4.89 Å². The minimum atomic E-state index is -5.37. The molecule has 0 unspecified atom stereocenters. The Morgan fingerprint density at radius 1 is 0.690 bits per heavy atom. The number of carbonyl (C=O) groups excluding carboxylic acids is 2. The highest BCUT2D eigenvalue weighted by Gasteiger charge is 2.34. The van der Waals surface area contributed by atoms with Crippen molar-refractivity contribution in [3.8, 4) is 0 Å². The van der Waals surface area contributed by atoms with Gasteiger partial charge in [-0.15, -0.1) is 0 Å². The van der Waals surface area contributed by atoms with Crippen LogP contribution in [-0.4, -0.2) is 16.8 Å². The smallest absolute Gasteiger partial charge is 0.357 e. The monoisotopic (exact) mass is 442 g/mol. The first kappa shape index (κ1) is 22.4. The number of benzene rings is 2. The van der Waals surface area contributed by atoms with Crippen LogP contribution >= 0.6 is 7.82 Å². The van der Waals surface area contributed by atoms with Gasteiger partial charge in [0.25, 0.3) is 0 Å². The van der Waals surface area contributed by atoms with Crippen LogP contribution in [0.25, 0.3) is 0 Å². The lowest BCUT2D eigenvalue weighted by Gasteiger charge is -2.12. The molecule has 0 atom stereocenters. The lowest BCUT2D eigenvalue weighted by Crippen LogP contribution is -2.11. The molecule has 0 saturated heterocycles. The summed E-state index contributed by atoms with van der Waals surface area (Å²) in [6, 6.07) is 4.76. The highest BCUT2D eigenvalue weighted by molar-refractivity contribution is 7.48. The second-order valence-electron chi connectivity index (χ2n) is 5.38. The van der Waals surface area contributed by atoms with E-state index < -0.39 is 54.4 Å². The third-order valence-electron chi connectivity index (χ3n) is 3.29. The Labute approximate surface area is 158 Å². The van der Waals surface area contributed by atoms with Crippen molar-refractivity contribution < 1.29 is 54.4 Å². The molecule has 0 fully saturated rings. The molecule has 0 saturated carbocycles. The first-order valence-corrected chi connectivity index (χ1v) is 8.84. The van der Waals surface area contributed by atoms with Crippen molar-refractivity contribution in [2.45, 2.75) is 12.4 Å². The molecular weight excluding hydrogens is 433 g/mol. The van der Waals surface area contributed by atoms with Crippen molar-refractivity contribution in [2.24, 2.45) is 0 Å². The van der Waals surface area contributed by atoms with E-state index in [1.54, 1.807) is 0 Å². The van der Waals surface area contributed by atoms with E-state index in [4.69, 9.17) is 0 Å². The first-order valence-electron chi connectivity index (χ1n) is 7.34. The first-order chi connectivity index (χ1) is 13.2. The maximum absolute atomic E-state index is 12.5. The Morgan fingerprint density at radius 3 is 1.21 bits per heavy atom. The molecule has 29 heavy (non-hydrogen) atoms. The zero-order valence-corrected chi connectivity index (χ0v) is 14.7. The van der Waals surface area contributed by atoms with Crippen LogP contribution in [0.15, 0.2) is 48.5 Å². The van der Waals surface area contributed by atoms with Gasteiger partial charge < -0.3 is 9.05 Å². The number of carbonyl (C=O) groups is 2. The molecule has 0 aliphatic heterocycles. The van der Waals surface area contributed by atoms with E-state index in [0.29, 0.717) is 48.5 Å². The van der Waals surface area contributed by atoms with Gasteiger partial charge in [-0.05, 0) is 48.5 Å². The molecule has 0 aromatic heterocycles. The van der Waals surface area contributed by atoms with Gasteiger partial charge in [-0.2, -0.15) is 26.3 Å². The van der Waals surface area contributed by atoms with E-state index in [1.165, 1.54) is 0 Å². The molecule has 0 bridgehead atoms. The minimum Gasteiger partial charge on any atom is -0.357 e. The Kier molecular flexibility index (Phi) is 6.10. The molecule has 0 amide bonds. The van der Waals surface area contributed by atoms with Crippen LogP contribution in [0, 0.1) is 0 Å². The summed E-state index contributed by atoms with van der Waals surface area (Å²) in [7, 11) is -5.37. The van der Waals surface area contributed by atoms with Crippen LogP contribution in [0.2, 0.25) is 0 Å². The molecule has 1 N–H and O–H groups in total. The normalized spacial score (nSPS) is 12.4. The maximum atomic E-state index is 12.5. The SMILES string of the molecule is O=C(OP(=O)(O)OC(=O)c1ccc(C(F)(F)F)cc1)c1ccc(C(F)(F)F)cc1. The summed E-state index contributed by atoms with van der Waals surface area (Å²) in [5.74, 6) is -3.13. The van der Waals surface area contributed by atoms with Gasteiger partial charge >= 0.3 is 32.1 Å². The summed E-state index contributed by atoms with van der Waals surface area (Å²) in [4.78, 5) is 32.9. The number of rotatable bonds is 4. The summed E-state index contributed by atoms with van der Waals surface area (Å²) >= 11 is 0. The molecule has 6 nitrogen and oxygen atoms in total. The number of phosphoric acid groups is 1. The Balaban J connectivity index is 2.06. The van der Waals surface area contributed by atoms with E-state index in [9.17, 15) is 45.4 Å². The number of hydrogen-bond donors (Lipinski definition) is 1. The molecule has 0 aliphatic rings. The van der Waals surface area contributed by atoms with Crippen LogP contribution in [-0.2, 0) is 26.0 Å². The predicted octanol–water partition coefficient (Wildman–Crippen LogP) is 4.84. The number of halogens is 6. The second-order valence-corrected chi connectivity index (χ2v) is 6.68. The Bertz CT molecular complexity index is 874. The molecule has 0 aliphatic carbocycles. The number of phosphoric ester groups is 1. The van der Waals surface area contributed by atoms with Crippen molar-refractivity contribution in [3.63, 3.8) is 0 Å². The number of alkyl halides is 6. The van der Waals surface area contributed by atoms with Gasteiger partial charge in [-0.25, -0.2) is 14.2 Å². The molecule has 0 heterocycles. The topological polar surface area (TPSA) is 89.9 Å². The van der Waals surface area contributed by atoms with Crippen LogP contribution in [0.4, 0.5) is 26.3 Å². The molecular formula is C16H9F6O6P. The molecule has 0 spiro atoms. The van der Waals surface area contributed by atoms with Crippen molar-refractivity contribution in [2.75, 3.05) is 0 Å². The van der Waals surface area contributed by atoms with Crippen molar-refractivity contribution in [3.05, 3.63) is 70.8 Å². The van der Waals surface area contributed by atoms with Crippen LogP contribution in [0.1, 0.15) is 31.8 Å². The quantitative estimate of drug-likeness (QED) is 0.539. The van der Waals surface area contributed by atoms with Crippen LogP contribution < -0.4 is 0 Å². The lowest BCUT2D eigenvalue weighted by atomic mass is 10.1. The van der Waals surface area contributed by atoms with E-state index in [0.717, 1.165) is 0 Å². The molecule has 2 aromatic carbocycles. The van der Waals surface area contributed by atoms with Crippen molar-refractivity contribution in [1.29, 1.82) is 0 Å². The summed E-state index contributed by atoms with van der Waals surface area (Å²) in [6.07, 6.45) is -9.35. The largest absolute Gasteiger partial charge is 0.589 e. The zero-order chi connectivity index (χ0) is 22.0. The highest BCUT2D eigenvalue weighted by Crippen LogP contribution is 2.45. The molecule has 2 rings (SSSR count). The van der Waals surface area contributed by atoms with Gasteiger partial charge in [0.2, 0.25) is 0 Å². The maximum Gasteiger partial charge on any atom is 0.589 e. The van der Waals surface area contributed by atoms with Gasteiger partial charge in [0, 0.05) is 0 Å². The molecule has 2 aromatic rings. The van der Waals surface area contributed by atoms with Gasteiger partial charge in [0.15, 0.2) is 0 Å². The Morgan fingerprint density at radius 2 is 0.966 bits per heavy atom. The van der Waals surface area contributed by atoms with Gasteiger partial charge in [-0.1, -0.05) is 0 Å². The summed E-state index contributed by atoms with van der Waals surface area (Å²) in [5, 5.41) is 0. The van der Waals surface area contributed by atoms with E-state index >= 15 is 0 Å². The highest BCUT2D eigenvalue weighted by atomic mass is 31.2. The van der Waals surface area contributed by atoms with Gasteiger partial charge in [0.1, 0.15) is 0 Å². The zero-order valence-electron chi connectivity index (χ0n) is 13.8. The van der Waals surface area contributed by atoms with Crippen LogP contribution in [0.5, 0.6) is 0 Å². The van der Waals surface area contributed by atoms with Crippen molar-refractivity contribution in [1.82, 2.24) is 0 Å². The lowest BCUT2D eigenvalue weighted by molar-refractivity contribution is -0.138.